The van der Waals surface area contributed by atoms with E-state index < -0.39 is 11.9 Å². The number of carbonyl (C=O) groups is 1. The van der Waals surface area contributed by atoms with Gasteiger partial charge in [0.15, 0.2) is 11.5 Å². The Balaban J connectivity index is 1.44. The first-order valence-electron chi connectivity index (χ1n) is 13.7. The van der Waals surface area contributed by atoms with Gasteiger partial charge in [0.25, 0.3) is 0 Å². The molecule has 0 saturated carbocycles. The summed E-state index contributed by atoms with van der Waals surface area (Å²) >= 11 is 0. The van der Waals surface area contributed by atoms with Gasteiger partial charge < -0.3 is 29.4 Å². The number of rotatable bonds is 10. The molecule has 4 aromatic carbocycles. The third-order valence-electron chi connectivity index (χ3n) is 6.72. The van der Waals surface area contributed by atoms with Crippen molar-refractivity contribution in [3.8, 4) is 34.8 Å². The van der Waals surface area contributed by atoms with E-state index in [1.54, 1.807) is 66.7 Å². The number of benzene rings is 4. The first kappa shape index (κ1) is 29.0. The zero-order chi connectivity index (χ0) is 30.3. The Kier molecular flexibility index (Phi) is 8.77. The van der Waals surface area contributed by atoms with E-state index in [1.807, 2.05) is 19.9 Å². The number of nitrogens with two attached hydrogens (primary N) is 1. The van der Waals surface area contributed by atoms with Gasteiger partial charge in [0.05, 0.1) is 19.1 Å². The van der Waals surface area contributed by atoms with Crippen molar-refractivity contribution in [3.63, 3.8) is 0 Å². The number of hydrogen-bond donors (Lipinski definition) is 1. The fourth-order valence-corrected chi connectivity index (χ4v) is 4.75. The van der Waals surface area contributed by atoms with Gasteiger partial charge >= 0.3 is 5.97 Å². The molecule has 1 unspecified atom stereocenters. The number of halogens is 1. The Bertz CT molecular complexity index is 1710. The van der Waals surface area contributed by atoms with E-state index in [2.05, 4.69) is 6.07 Å². The fourth-order valence-electron chi connectivity index (χ4n) is 4.75. The molecule has 2 N–H and O–H groups in total. The van der Waals surface area contributed by atoms with Crippen LogP contribution in [0.4, 0.5) is 4.39 Å². The van der Waals surface area contributed by atoms with E-state index in [1.165, 1.54) is 12.1 Å². The van der Waals surface area contributed by atoms with Gasteiger partial charge in [0.1, 0.15) is 46.9 Å². The number of carbonyl (C=O) groups excluding carboxylic acids is 1. The molecule has 8 nitrogen and oxygen atoms in total. The molecule has 218 valence electrons. The van der Waals surface area contributed by atoms with Crippen LogP contribution in [0.15, 0.2) is 96.4 Å². The second-order valence-electron chi connectivity index (χ2n) is 9.50. The molecule has 1 heterocycles. The largest absolute Gasteiger partial charge is 0.493 e. The van der Waals surface area contributed by atoms with Crippen molar-refractivity contribution in [2.45, 2.75) is 26.4 Å². The number of ether oxygens (including phenoxy) is 5. The predicted octanol–water partition coefficient (Wildman–Crippen LogP) is 6.64. The molecular formula is C34H29FN2O6. The Morgan fingerprint density at radius 1 is 0.907 bits per heavy atom. The molecule has 4 aromatic rings. The van der Waals surface area contributed by atoms with E-state index in [0.29, 0.717) is 41.8 Å². The van der Waals surface area contributed by atoms with E-state index in [9.17, 15) is 14.4 Å². The molecule has 0 saturated heterocycles. The standard InChI is InChI=1S/C34H29FN2O6/c1-3-39-28-8-6-5-7-26(28)34(38)42-24-14-15-25-30(18-24)43-33(37)27(19-36)32(25)22-11-16-29(31(17-22)40-4-2)41-20-21-9-12-23(35)13-10-21/h5-18,32H,3-4,20,37H2,1-2H3. The third kappa shape index (κ3) is 6.39. The first-order chi connectivity index (χ1) is 20.9. The van der Waals surface area contributed by atoms with E-state index in [4.69, 9.17) is 29.4 Å². The van der Waals surface area contributed by atoms with Crippen molar-refractivity contribution in [1.82, 2.24) is 0 Å². The maximum absolute atomic E-state index is 13.3. The highest BCUT2D eigenvalue weighted by Gasteiger charge is 2.32. The average Bonchev–Trinajstić information content (AvgIpc) is 3.01. The van der Waals surface area contributed by atoms with Crippen LogP contribution in [0.2, 0.25) is 0 Å². The molecule has 43 heavy (non-hydrogen) atoms. The lowest BCUT2D eigenvalue weighted by Gasteiger charge is -2.27. The Labute approximate surface area is 248 Å². The zero-order valence-electron chi connectivity index (χ0n) is 23.6. The van der Waals surface area contributed by atoms with Crippen LogP contribution in [-0.2, 0) is 6.61 Å². The summed E-state index contributed by atoms with van der Waals surface area (Å²) < 4.78 is 42.2. The zero-order valence-corrected chi connectivity index (χ0v) is 23.6. The van der Waals surface area contributed by atoms with Gasteiger partial charge in [0.2, 0.25) is 5.88 Å². The third-order valence-corrected chi connectivity index (χ3v) is 6.72. The summed E-state index contributed by atoms with van der Waals surface area (Å²) in [7, 11) is 0. The van der Waals surface area contributed by atoms with Crippen molar-refractivity contribution in [3.05, 3.63) is 124 Å². The van der Waals surface area contributed by atoms with Gasteiger partial charge in [0, 0.05) is 11.6 Å². The fraction of sp³-hybridized carbons (Fsp3) is 0.176. The smallest absolute Gasteiger partial charge is 0.347 e. The normalized spacial score (nSPS) is 13.8. The average molecular weight is 581 g/mol. The lowest BCUT2D eigenvalue weighted by molar-refractivity contribution is 0.0730. The Morgan fingerprint density at radius 3 is 2.40 bits per heavy atom. The summed E-state index contributed by atoms with van der Waals surface area (Å²) in [6, 6.07) is 25.4. The molecule has 9 heteroatoms. The molecule has 0 fully saturated rings. The maximum atomic E-state index is 13.3. The molecule has 0 bridgehead atoms. The van der Waals surface area contributed by atoms with Crippen LogP contribution < -0.4 is 29.4 Å². The van der Waals surface area contributed by atoms with E-state index >= 15 is 0 Å². The minimum atomic E-state index is -0.588. The minimum Gasteiger partial charge on any atom is -0.493 e. The van der Waals surface area contributed by atoms with Gasteiger partial charge in [-0.2, -0.15) is 5.26 Å². The van der Waals surface area contributed by atoms with Gasteiger partial charge in [-0.15, -0.1) is 0 Å². The number of fused-ring (bicyclic) bond motifs is 1. The summed E-state index contributed by atoms with van der Waals surface area (Å²) in [5, 5.41) is 10.0. The first-order valence-corrected chi connectivity index (χ1v) is 13.7. The second-order valence-corrected chi connectivity index (χ2v) is 9.50. The van der Waals surface area contributed by atoms with E-state index in [0.717, 1.165) is 11.1 Å². The SMILES string of the molecule is CCOc1cc(C2C(C#N)=C(N)Oc3cc(OC(=O)c4ccccc4OCC)ccc32)ccc1OCc1ccc(F)cc1. The highest BCUT2D eigenvalue weighted by Crippen LogP contribution is 2.45. The molecule has 0 aliphatic carbocycles. The van der Waals surface area contributed by atoms with Crippen molar-refractivity contribution >= 4 is 5.97 Å². The van der Waals surface area contributed by atoms with Crippen LogP contribution in [0.3, 0.4) is 0 Å². The highest BCUT2D eigenvalue weighted by molar-refractivity contribution is 5.94. The van der Waals surface area contributed by atoms with Crippen molar-refractivity contribution in [2.75, 3.05) is 13.2 Å². The van der Waals surface area contributed by atoms with Crippen LogP contribution >= 0.6 is 0 Å². The Hall–Kier alpha value is -5.49. The van der Waals surface area contributed by atoms with Crippen molar-refractivity contribution in [1.29, 1.82) is 5.26 Å². The summed E-state index contributed by atoms with van der Waals surface area (Å²) in [5.74, 6) is 0.429. The van der Waals surface area contributed by atoms with Gasteiger partial charge in [-0.25, -0.2) is 9.18 Å². The summed E-state index contributed by atoms with van der Waals surface area (Å²) in [6.07, 6.45) is 0. The molecule has 5 rings (SSSR count). The molecule has 1 atom stereocenters. The molecule has 1 aliphatic heterocycles. The monoisotopic (exact) mass is 580 g/mol. The molecule has 1 aliphatic rings. The van der Waals surface area contributed by atoms with E-state index in [-0.39, 0.29) is 35.2 Å². The number of esters is 1. The lowest BCUT2D eigenvalue weighted by atomic mass is 9.83. The quantitative estimate of drug-likeness (QED) is 0.164. The van der Waals surface area contributed by atoms with Crippen LogP contribution in [0.1, 0.15) is 46.8 Å². The lowest BCUT2D eigenvalue weighted by Crippen LogP contribution is -2.21. The number of para-hydroxylation sites is 1. The minimum absolute atomic E-state index is 0.0558. The number of hydrogen-bond acceptors (Lipinski definition) is 8. The van der Waals surface area contributed by atoms with Crippen LogP contribution in [0.25, 0.3) is 0 Å². The number of allylic oxidation sites excluding steroid dienone is 1. The molecule has 0 amide bonds. The van der Waals surface area contributed by atoms with Crippen molar-refractivity contribution < 1.29 is 32.9 Å². The summed E-state index contributed by atoms with van der Waals surface area (Å²) in [6.45, 7) is 4.68. The highest BCUT2D eigenvalue weighted by atomic mass is 19.1. The molecule has 0 aromatic heterocycles. The number of nitriles is 1. The van der Waals surface area contributed by atoms with Crippen molar-refractivity contribution in [2.24, 2.45) is 5.73 Å². The van der Waals surface area contributed by atoms with Crippen LogP contribution in [-0.4, -0.2) is 19.2 Å². The molecule has 0 radical (unpaired) electrons. The summed E-state index contributed by atoms with van der Waals surface area (Å²) in [5.41, 5.74) is 8.89. The van der Waals surface area contributed by atoms with Gasteiger partial charge in [-0.1, -0.05) is 36.4 Å². The Morgan fingerprint density at radius 2 is 1.65 bits per heavy atom. The van der Waals surface area contributed by atoms with Gasteiger partial charge in [-0.05, 0) is 67.4 Å². The molecular weight excluding hydrogens is 551 g/mol. The van der Waals surface area contributed by atoms with Crippen LogP contribution in [0, 0.1) is 17.1 Å². The maximum Gasteiger partial charge on any atom is 0.347 e. The second kappa shape index (κ2) is 13.0. The topological polar surface area (TPSA) is 113 Å². The summed E-state index contributed by atoms with van der Waals surface area (Å²) in [4.78, 5) is 13.0. The predicted molar refractivity (Wildman–Crippen MR) is 157 cm³/mol. The van der Waals surface area contributed by atoms with Crippen LogP contribution in [0.5, 0.6) is 28.7 Å². The number of nitrogens with zero attached hydrogens (tertiary/aromatic N) is 1. The molecule has 0 spiro atoms. The van der Waals surface area contributed by atoms with Gasteiger partial charge in [-0.3, -0.25) is 0 Å².